The normalized spacial score (nSPS) is 10.7. The summed E-state index contributed by atoms with van der Waals surface area (Å²) in [5.41, 5.74) is 1.87. The maximum atomic E-state index is 13.1. The minimum Gasteiger partial charge on any atom is -0.491 e. The van der Waals surface area contributed by atoms with Gasteiger partial charge in [0.15, 0.2) is 0 Å². The van der Waals surface area contributed by atoms with Gasteiger partial charge in [-0.2, -0.15) is 0 Å². The highest BCUT2D eigenvalue weighted by atomic mass is 35.5. The first kappa shape index (κ1) is 14.7. The topological polar surface area (TPSA) is 21.3 Å². The minimum atomic E-state index is -0.412. The predicted octanol–water partition coefficient (Wildman–Crippen LogP) is 4.88. The highest BCUT2D eigenvalue weighted by Gasteiger charge is 2.02. The molecule has 0 aliphatic carbocycles. The SMILES string of the molecule is CC(C)Oc1cccc(CNc2ccc(F)c(Cl)c2)c1. The van der Waals surface area contributed by atoms with Crippen molar-refractivity contribution >= 4 is 17.3 Å². The number of ether oxygens (including phenoxy) is 1. The Hall–Kier alpha value is -1.74. The number of benzene rings is 2. The summed E-state index contributed by atoms with van der Waals surface area (Å²) in [7, 11) is 0. The van der Waals surface area contributed by atoms with Crippen molar-refractivity contribution in [2.75, 3.05) is 5.32 Å². The van der Waals surface area contributed by atoms with E-state index >= 15 is 0 Å². The summed E-state index contributed by atoms with van der Waals surface area (Å²) in [6.07, 6.45) is 0.147. The lowest BCUT2D eigenvalue weighted by Gasteiger charge is -2.12. The average Bonchev–Trinajstić information content (AvgIpc) is 2.40. The van der Waals surface area contributed by atoms with Gasteiger partial charge in [-0.05, 0) is 49.7 Å². The molecule has 4 heteroatoms. The summed E-state index contributed by atoms with van der Waals surface area (Å²) in [6.45, 7) is 4.61. The largest absolute Gasteiger partial charge is 0.491 e. The number of halogens is 2. The van der Waals surface area contributed by atoms with Crippen molar-refractivity contribution in [3.05, 3.63) is 58.9 Å². The molecule has 0 fully saturated rings. The van der Waals surface area contributed by atoms with Crippen LogP contribution in [0.5, 0.6) is 5.75 Å². The number of rotatable bonds is 5. The van der Waals surface area contributed by atoms with Gasteiger partial charge in [0.2, 0.25) is 0 Å². The van der Waals surface area contributed by atoms with Crippen LogP contribution in [0.4, 0.5) is 10.1 Å². The van der Waals surface area contributed by atoms with E-state index in [0.717, 1.165) is 17.0 Å². The van der Waals surface area contributed by atoms with Gasteiger partial charge in [0.25, 0.3) is 0 Å². The molecule has 2 rings (SSSR count). The van der Waals surface area contributed by atoms with E-state index < -0.39 is 5.82 Å². The fraction of sp³-hybridized carbons (Fsp3) is 0.250. The summed E-state index contributed by atoms with van der Waals surface area (Å²) in [4.78, 5) is 0. The molecular weight excluding hydrogens is 277 g/mol. The molecule has 0 heterocycles. The van der Waals surface area contributed by atoms with Gasteiger partial charge < -0.3 is 10.1 Å². The molecule has 2 nitrogen and oxygen atoms in total. The van der Waals surface area contributed by atoms with Crippen LogP contribution in [0.2, 0.25) is 5.02 Å². The molecule has 0 bridgehead atoms. The van der Waals surface area contributed by atoms with Crippen LogP contribution in [-0.4, -0.2) is 6.10 Å². The van der Waals surface area contributed by atoms with Crippen LogP contribution in [0.1, 0.15) is 19.4 Å². The molecule has 0 atom stereocenters. The first-order valence-electron chi connectivity index (χ1n) is 6.49. The fourth-order valence-electron chi connectivity index (χ4n) is 1.81. The van der Waals surface area contributed by atoms with E-state index in [1.807, 2.05) is 38.1 Å². The molecule has 0 unspecified atom stereocenters. The number of anilines is 1. The molecule has 0 aromatic heterocycles. The first-order valence-corrected chi connectivity index (χ1v) is 6.87. The molecule has 0 amide bonds. The molecule has 0 radical (unpaired) electrons. The molecule has 2 aromatic carbocycles. The fourth-order valence-corrected chi connectivity index (χ4v) is 1.99. The van der Waals surface area contributed by atoms with E-state index in [1.54, 1.807) is 12.1 Å². The molecular formula is C16H17ClFNO. The Balaban J connectivity index is 2.01. The second kappa shape index (κ2) is 6.62. The lowest BCUT2D eigenvalue weighted by atomic mass is 10.2. The molecule has 0 saturated carbocycles. The smallest absolute Gasteiger partial charge is 0.141 e. The number of hydrogen-bond acceptors (Lipinski definition) is 2. The average molecular weight is 294 g/mol. The monoisotopic (exact) mass is 293 g/mol. The molecule has 20 heavy (non-hydrogen) atoms. The molecule has 0 aliphatic rings. The third-order valence-corrected chi connectivity index (χ3v) is 2.98. The summed E-state index contributed by atoms with van der Waals surface area (Å²) in [5, 5.41) is 3.32. The molecule has 106 valence electrons. The van der Waals surface area contributed by atoms with Gasteiger partial charge >= 0.3 is 0 Å². The molecule has 1 N–H and O–H groups in total. The lowest BCUT2D eigenvalue weighted by molar-refractivity contribution is 0.242. The third kappa shape index (κ3) is 4.14. The van der Waals surface area contributed by atoms with E-state index in [2.05, 4.69) is 5.32 Å². The van der Waals surface area contributed by atoms with Crippen molar-refractivity contribution < 1.29 is 9.13 Å². The Morgan fingerprint density at radius 3 is 2.70 bits per heavy atom. The van der Waals surface area contributed by atoms with Gasteiger partial charge in [0.05, 0.1) is 11.1 Å². The predicted molar refractivity (Wildman–Crippen MR) is 80.9 cm³/mol. The van der Waals surface area contributed by atoms with Gasteiger partial charge in [-0.1, -0.05) is 23.7 Å². The maximum Gasteiger partial charge on any atom is 0.141 e. The van der Waals surface area contributed by atoms with E-state index in [9.17, 15) is 4.39 Å². The van der Waals surface area contributed by atoms with Gasteiger partial charge in [-0.25, -0.2) is 4.39 Å². The van der Waals surface area contributed by atoms with Gasteiger partial charge in [0, 0.05) is 12.2 Å². The maximum absolute atomic E-state index is 13.1. The summed E-state index contributed by atoms with van der Waals surface area (Å²) >= 11 is 5.74. The highest BCUT2D eigenvalue weighted by molar-refractivity contribution is 6.31. The van der Waals surface area contributed by atoms with Gasteiger partial charge in [0.1, 0.15) is 11.6 Å². The van der Waals surface area contributed by atoms with Crippen molar-refractivity contribution in [3.8, 4) is 5.75 Å². The zero-order chi connectivity index (χ0) is 14.5. The van der Waals surface area contributed by atoms with Crippen LogP contribution in [0, 0.1) is 5.82 Å². The standard InChI is InChI=1S/C16H17ClFNO/c1-11(2)20-14-5-3-4-12(8-14)10-19-13-6-7-16(18)15(17)9-13/h3-9,11,19H,10H2,1-2H3. The highest BCUT2D eigenvalue weighted by Crippen LogP contribution is 2.21. The van der Waals surface area contributed by atoms with Crippen molar-refractivity contribution in [3.63, 3.8) is 0 Å². The Morgan fingerprint density at radius 1 is 1.20 bits per heavy atom. The quantitative estimate of drug-likeness (QED) is 0.848. The van der Waals surface area contributed by atoms with E-state index in [-0.39, 0.29) is 11.1 Å². The van der Waals surface area contributed by atoms with E-state index in [4.69, 9.17) is 16.3 Å². The van der Waals surface area contributed by atoms with Crippen molar-refractivity contribution in [1.29, 1.82) is 0 Å². The van der Waals surface area contributed by atoms with Gasteiger partial charge in [-0.15, -0.1) is 0 Å². The zero-order valence-electron chi connectivity index (χ0n) is 11.5. The number of nitrogens with one attached hydrogen (secondary N) is 1. The Labute approximate surface area is 123 Å². The van der Waals surface area contributed by atoms with Crippen LogP contribution < -0.4 is 10.1 Å². The summed E-state index contributed by atoms with van der Waals surface area (Å²) < 4.78 is 18.7. The van der Waals surface area contributed by atoms with Crippen LogP contribution >= 0.6 is 11.6 Å². The van der Waals surface area contributed by atoms with Crippen LogP contribution in [0.15, 0.2) is 42.5 Å². The Morgan fingerprint density at radius 2 is 2.00 bits per heavy atom. The van der Waals surface area contributed by atoms with Crippen LogP contribution in [-0.2, 0) is 6.54 Å². The molecule has 0 saturated heterocycles. The summed E-state index contributed by atoms with van der Waals surface area (Å²) in [5.74, 6) is 0.431. The first-order chi connectivity index (χ1) is 9.54. The Kier molecular flexibility index (Phi) is 4.85. The Bertz CT molecular complexity index is 586. The third-order valence-electron chi connectivity index (χ3n) is 2.69. The second-order valence-corrected chi connectivity index (χ2v) is 5.20. The van der Waals surface area contributed by atoms with Crippen molar-refractivity contribution in [2.24, 2.45) is 0 Å². The van der Waals surface area contributed by atoms with Gasteiger partial charge in [-0.3, -0.25) is 0 Å². The molecule has 0 aliphatic heterocycles. The molecule has 0 spiro atoms. The minimum absolute atomic E-state index is 0.117. The van der Waals surface area contributed by atoms with E-state index in [1.165, 1.54) is 6.07 Å². The van der Waals surface area contributed by atoms with Crippen molar-refractivity contribution in [2.45, 2.75) is 26.5 Å². The summed E-state index contributed by atoms with van der Waals surface area (Å²) in [6, 6.07) is 12.5. The second-order valence-electron chi connectivity index (χ2n) is 4.80. The number of hydrogen-bond donors (Lipinski definition) is 1. The van der Waals surface area contributed by atoms with E-state index in [0.29, 0.717) is 6.54 Å². The lowest BCUT2D eigenvalue weighted by Crippen LogP contribution is -2.06. The van der Waals surface area contributed by atoms with Crippen LogP contribution in [0.3, 0.4) is 0 Å². The zero-order valence-corrected chi connectivity index (χ0v) is 12.2. The van der Waals surface area contributed by atoms with Crippen LogP contribution in [0.25, 0.3) is 0 Å². The van der Waals surface area contributed by atoms with Crippen molar-refractivity contribution in [1.82, 2.24) is 0 Å². The molecule has 2 aromatic rings.